The molecular weight excluding hydrogens is 290 g/mol. The first-order valence-corrected chi connectivity index (χ1v) is 8.41. The Balaban J connectivity index is 2.49. The van der Waals surface area contributed by atoms with Crippen LogP contribution in [0.2, 0.25) is 0 Å². The SMILES string of the molecule is CCCCCC(N=[N+]=[N-])c1ccc(CCCCC(=O)OC)cc1. The monoisotopic (exact) mass is 317 g/mol. The van der Waals surface area contributed by atoms with Gasteiger partial charge in [0.2, 0.25) is 0 Å². The van der Waals surface area contributed by atoms with Gasteiger partial charge in [-0.1, -0.05) is 55.6 Å². The predicted molar refractivity (Wildman–Crippen MR) is 92.0 cm³/mol. The molecule has 0 aliphatic rings. The van der Waals surface area contributed by atoms with Crippen molar-refractivity contribution in [1.29, 1.82) is 0 Å². The van der Waals surface area contributed by atoms with Crippen LogP contribution in [0, 0.1) is 0 Å². The lowest BCUT2D eigenvalue weighted by atomic mass is 9.98. The molecule has 0 aliphatic heterocycles. The molecule has 0 aliphatic carbocycles. The van der Waals surface area contributed by atoms with E-state index in [-0.39, 0.29) is 12.0 Å². The van der Waals surface area contributed by atoms with Gasteiger partial charge in [-0.15, -0.1) is 0 Å². The summed E-state index contributed by atoms with van der Waals surface area (Å²) in [7, 11) is 1.42. The fourth-order valence-corrected chi connectivity index (χ4v) is 2.55. The van der Waals surface area contributed by atoms with Crippen molar-refractivity contribution in [1.82, 2.24) is 0 Å². The number of nitrogens with zero attached hydrogens (tertiary/aromatic N) is 3. The van der Waals surface area contributed by atoms with Crippen LogP contribution in [0.1, 0.15) is 69.0 Å². The Morgan fingerprint density at radius 1 is 1.22 bits per heavy atom. The fraction of sp³-hybridized carbons (Fsp3) is 0.611. The number of azide groups is 1. The Kier molecular flexibility index (Phi) is 9.57. The third-order valence-corrected chi connectivity index (χ3v) is 3.96. The second-order valence-electron chi connectivity index (χ2n) is 5.74. The van der Waals surface area contributed by atoms with Crippen LogP contribution < -0.4 is 0 Å². The molecule has 0 saturated heterocycles. The molecule has 0 fully saturated rings. The van der Waals surface area contributed by atoms with Gasteiger partial charge in [-0.25, -0.2) is 0 Å². The topological polar surface area (TPSA) is 75.1 Å². The Morgan fingerprint density at radius 2 is 1.96 bits per heavy atom. The number of unbranched alkanes of at least 4 members (excludes halogenated alkanes) is 3. The molecule has 23 heavy (non-hydrogen) atoms. The molecule has 1 aromatic rings. The van der Waals surface area contributed by atoms with Crippen LogP contribution in [0.15, 0.2) is 29.4 Å². The Bertz CT molecular complexity index is 508. The molecule has 0 bridgehead atoms. The van der Waals surface area contributed by atoms with Crippen LogP contribution in [0.25, 0.3) is 10.4 Å². The van der Waals surface area contributed by atoms with E-state index in [1.165, 1.54) is 12.7 Å². The van der Waals surface area contributed by atoms with E-state index < -0.39 is 0 Å². The first-order chi connectivity index (χ1) is 11.2. The molecule has 1 atom stereocenters. The summed E-state index contributed by atoms with van der Waals surface area (Å²) in [6.07, 6.45) is 7.52. The molecule has 0 saturated carbocycles. The van der Waals surface area contributed by atoms with Gasteiger partial charge in [0.25, 0.3) is 0 Å². The highest BCUT2D eigenvalue weighted by Gasteiger charge is 2.09. The third-order valence-electron chi connectivity index (χ3n) is 3.96. The van der Waals surface area contributed by atoms with Gasteiger partial charge in [0.05, 0.1) is 13.2 Å². The van der Waals surface area contributed by atoms with Crippen molar-refractivity contribution in [2.75, 3.05) is 7.11 Å². The van der Waals surface area contributed by atoms with Gasteiger partial charge in [0.1, 0.15) is 0 Å². The number of esters is 1. The lowest BCUT2D eigenvalue weighted by Gasteiger charge is -2.12. The van der Waals surface area contributed by atoms with Gasteiger partial charge in [-0.2, -0.15) is 0 Å². The van der Waals surface area contributed by atoms with Crippen molar-refractivity contribution in [3.8, 4) is 0 Å². The van der Waals surface area contributed by atoms with E-state index >= 15 is 0 Å². The molecule has 0 heterocycles. The zero-order valence-electron chi connectivity index (χ0n) is 14.2. The lowest BCUT2D eigenvalue weighted by Crippen LogP contribution is -2.00. The summed E-state index contributed by atoms with van der Waals surface area (Å²) in [5, 5.41) is 3.93. The van der Waals surface area contributed by atoms with E-state index in [1.807, 2.05) is 0 Å². The lowest BCUT2D eigenvalue weighted by molar-refractivity contribution is -0.140. The summed E-state index contributed by atoms with van der Waals surface area (Å²) in [5.74, 6) is -0.148. The zero-order chi connectivity index (χ0) is 16.9. The first-order valence-electron chi connectivity index (χ1n) is 8.41. The number of benzene rings is 1. The van der Waals surface area contributed by atoms with Crippen LogP contribution >= 0.6 is 0 Å². The largest absolute Gasteiger partial charge is 0.469 e. The van der Waals surface area contributed by atoms with Gasteiger partial charge in [-0.3, -0.25) is 4.79 Å². The van der Waals surface area contributed by atoms with Crippen molar-refractivity contribution in [2.24, 2.45) is 5.11 Å². The second-order valence-corrected chi connectivity index (χ2v) is 5.74. The quantitative estimate of drug-likeness (QED) is 0.177. The normalized spacial score (nSPS) is 11.6. The third kappa shape index (κ3) is 7.71. The van der Waals surface area contributed by atoms with Crippen LogP contribution in [-0.2, 0) is 16.0 Å². The smallest absolute Gasteiger partial charge is 0.305 e. The zero-order valence-corrected chi connectivity index (χ0v) is 14.2. The molecule has 1 rings (SSSR count). The van der Waals surface area contributed by atoms with Crippen LogP contribution in [0.5, 0.6) is 0 Å². The Morgan fingerprint density at radius 3 is 2.57 bits per heavy atom. The number of hydrogen-bond acceptors (Lipinski definition) is 3. The van der Waals surface area contributed by atoms with Crippen LogP contribution in [0.3, 0.4) is 0 Å². The molecule has 0 aromatic heterocycles. The highest BCUT2D eigenvalue weighted by molar-refractivity contribution is 5.68. The Labute approximate surface area is 138 Å². The maximum absolute atomic E-state index is 11.1. The molecule has 5 nitrogen and oxygen atoms in total. The summed E-state index contributed by atoms with van der Waals surface area (Å²) in [6, 6.07) is 8.22. The van der Waals surface area contributed by atoms with Crippen LogP contribution in [0.4, 0.5) is 0 Å². The summed E-state index contributed by atoms with van der Waals surface area (Å²) in [4.78, 5) is 14.0. The predicted octanol–water partition coefficient (Wildman–Crippen LogP) is 5.50. The number of methoxy groups -OCH3 is 1. The van der Waals surface area contributed by atoms with E-state index in [4.69, 9.17) is 5.53 Å². The number of ether oxygens (including phenoxy) is 1. The van der Waals surface area contributed by atoms with Gasteiger partial charge in [-0.05, 0) is 42.3 Å². The number of carbonyl (C=O) groups excluding carboxylic acids is 1. The number of carbonyl (C=O) groups is 1. The first kappa shape index (κ1) is 19.0. The van der Waals surface area contributed by atoms with Crippen molar-refractivity contribution in [3.05, 3.63) is 45.8 Å². The number of hydrogen-bond donors (Lipinski definition) is 0. The molecule has 1 aromatic carbocycles. The molecule has 5 heteroatoms. The Hall–Kier alpha value is -2.00. The second kappa shape index (κ2) is 11.6. The molecule has 0 amide bonds. The molecule has 126 valence electrons. The van der Waals surface area contributed by atoms with E-state index in [1.54, 1.807) is 0 Å². The minimum atomic E-state index is -0.148. The molecule has 0 spiro atoms. The average molecular weight is 317 g/mol. The van der Waals surface area contributed by atoms with E-state index in [2.05, 4.69) is 46.0 Å². The van der Waals surface area contributed by atoms with Crippen molar-refractivity contribution in [2.45, 2.75) is 64.3 Å². The molecule has 0 radical (unpaired) electrons. The highest BCUT2D eigenvalue weighted by atomic mass is 16.5. The summed E-state index contributed by atoms with van der Waals surface area (Å²) in [5.41, 5.74) is 11.1. The highest BCUT2D eigenvalue weighted by Crippen LogP contribution is 2.25. The number of rotatable bonds is 11. The molecular formula is C18H27N3O2. The minimum Gasteiger partial charge on any atom is -0.469 e. The van der Waals surface area contributed by atoms with Gasteiger partial charge < -0.3 is 4.74 Å². The van der Waals surface area contributed by atoms with E-state index in [9.17, 15) is 4.79 Å². The maximum Gasteiger partial charge on any atom is 0.305 e. The number of aryl methyl sites for hydroxylation is 1. The van der Waals surface area contributed by atoms with Crippen molar-refractivity contribution >= 4 is 5.97 Å². The maximum atomic E-state index is 11.1. The van der Waals surface area contributed by atoms with Crippen LogP contribution in [-0.4, -0.2) is 13.1 Å². The average Bonchev–Trinajstić information content (AvgIpc) is 2.58. The minimum absolute atomic E-state index is 0.0695. The van der Waals surface area contributed by atoms with Gasteiger partial charge in [0, 0.05) is 11.3 Å². The van der Waals surface area contributed by atoms with Crippen molar-refractivity contribution in [3.63, 3.8) is 0 Å². The van der Waals surface area contributed by atoms with Gasteiger partial charge >= 0.3 is 5.97 Å². The summed E-state index contributed by atoms with van der Waals surface area (Å²) in [6.45, 7) is 2.16. The van der Waals surface area contributed by atoms with E-state index in [0.29, 0.717) is 6.42 Å². The molecule has 1 unspecified atom stereocenters. The van der Waals surface area contributed by atoms with E-state index in [0.717, 1.165) is 50.5 Å². The molecule has 0 N–H and O–H groups in total. The summed E-state index contributed by atoms with van der Waals surface area (Å²) >= 11 is 0. The fourth-order valence-electron chi connectivity index (χ4n) is 2.55. The van der Waals surface area contributed by atoms with Gasteiger partial charge in [0.15, 0.2) is 0 Å². The standard InChI is InChI=1S/C18H27N3O2/c1-3-4-5-9-17(20-21-19)16-13-11-15(12-14-16)8-6-7-10-18(22)23-2/h11-14,17H,3-10H2,1-2H3. The van der Waals surface area contributed by atoms with Crippen molar-refractivity contribution < 1.29 is 9.53 Å². The summed E-state index contributed by atoms with van der Waals surface area (Å²) < 4.78 is 4.63.